The minimum absolute atomic E-state index is 0.0194. The highest BCUT2D eigenvalue weighted by Crippen LogP contribution is 2.77. The van der Waals surface area contributed by atoms with Gasteiger partial charge in [-0.25, -0.2) is 0 Å². The van der Waals surface area contributed by atoms with Crippen LogP contribution in [0.15, 0.2) is 12.2 Å². The van der Waals surface area contributed by atoms with Crippen LogP contribution in [0.5, 0.6) is 0 Å². The average molecular weight is 601 g/mol. The van der Waals surface area contributed by atoms with Crippen molar-refractivity contribution in [2.24, 2.45) is 62.1 Å². The molecule has 0 aromatic heterocycles. The van der Waals surface area contributed by atoms with Gasteiger partial charge < -0.3 is 19.7 Å². The molecule has 10 atom stereocenters. The number of carbonyl (C=O) groups is 2. The van der Waals surface area contributed by atoms with Crippen LogP contribution in [-0.4, -0.2) is 48.1 Å². The molecule has 0 bridgehead atoms. The van der Waals surface area contributed by atoms with Crippen LogP contribution >= 0.6 is 0 Å². The van der Waals surface area contributed by atoms with Crippen molar-refractivity contribution < 1.29 is 29.3 Å². The van der Waals surface area contributed by atoms with Gasteiger partial charge in [0.05, 0.1) is 18.6 Å². The fraction of sp³-hybridized carbons (Fsp3) is 0.892. The SMILES string of the molecule is C=C(C)[C@@H]1CC[C@]2(C(=O)OCC(C)(CO)CO)CC[C@]3(C)[C@H](CC[C@@H]4[C@@]5(C)CC[C@H](OC(C)=O)C(C)(C)[C@@H]5CC[C@]43C)[C@@H]12. The molecule has 5 rings (SSSR count). The highest BCUT2D eigenvalue weighted by Gasteiger charge is 2.72. The van der Waals surface area contributed by atoms with E-state index >= 15 is 0 Å². The maximum atomic E-state index is 14.2. The monoisotopic (exact) mass is 600 g/mol. The number of fused-ring (bicyclic) bond motifs is 7. The lowest BCUT2D eigenvalue weighted by atomic mass is 9.32. The third kappa shape index (κ3) is 4.69. The molecule has 5 aliphatic carbocycles. The summed E-state index contributed by atoms with van der Waals surface area (Å²) in [5.74, 6) is 1.76. The maximum absolute atomic E-state index is 14.2. The molecule has 2 N–H and O–H groups in total. The zero-order chi connectivity index (χ0) is 31.8. The first-order valence-corrected chi connectivity index (χ1v) is 17.2. The molecular weight excluding hydrogens is 540 g/mol. The Labute approximate surface area is 260 Å². The standard InChI is InChI=1S/C37H60O6/c1-23(2)25-12-17-37(31(41)42-22-33(6,20-38)21-39)19-18-35(8)26(30(25)37)10-11-28-34(7)15-14-29(43-24(3)40)32(4,5)27(34)13-16-36(28,35)9/h25-30,38-39H,1,10-22H2,2-9H3/t25-,26+,27-,28+,29-,30+,34-,35+,36+,37-/m0/s1. The lowest BCUT2D eigenvalue weighted by Gasteiger charge is -2.72. The molecule has 43 heavy (non-hydrogen) atoms. The van der Waals surface area contributed by atoms with E-state index in [9.17, 15) is 19.8 Å². The fourth-order valence-corrected chi connectivity index (χ4v) is 12.4. The third-order valence-electron chi connectivity index (χ3n) is 15.0. The van der Waals surface area contributed by atoms with E-state index in [1.165, 1.54) is 18.4 Å². The van der Waals surface area contributed by atoms with Crippen LogP contribution in [0, 0.1) is 62.1 Å². The van der Waals surface area contributed by atoms with Crippen molar-refractivity contribution in [3.8, 4) is 0 Å². The van der Waals surface area contributed by atoms with E-state index in [0.717, 1.165) is 51.4 Å². The molecule has 6 nitrogen and oxygen atoms in total. The van der Waals surface area contributed by atoms with E-state index in [-0.39, 0.29) is 65.4 Å². The minimum atomic E-state index is -0.834. The Morgan fingerprint density at radius 2 is 1.51 bits per heavy atom. The molecule has 0 heterocycles. The Kier molecular flexibility index (Phi) is 8.32. The maximum Gasteiger partial charge on any atom is 0.312 e. The van der Waals surface area contributed by atoms with Crippen molar-refractivity contribution in [1.82, 2.24) is 0 Å². The molecule has 5 aliphatic rings. The number of rotatable bonds is 7. The number of ether oxygens (including phenoxy) is 2. The number of carbonyl (C=O) groups excluding carboxylic acids is 2. The van der Waals surface area contributed by atoms with Gasteiger partial charge in [0.25, 0.3) is 0 Å². The summed E-state index contributed by atoms with van der Waals surface area (Å²) in [5, 5.41) is 19.7. The van der Waals surface area contributed by atoms with Gasteiger partial charge in [0.1, 0.15) is 12.7 Å². The molecule has 0 aromatic rings. The Hall–Kier alpha value is -1.40. The van der Waals surface area contributed by atoms with Crippen LogP contribution in [0.1, 0.15) is 120 Å². The van der Waals surface area contributed by atoms with Gasteiger partial charge in [-0.3, -0.25) is 9.59 Å². The van der Waals surface area contributed by atoms with E-state index in [0.29, 0.717) is 23.7 Å². The van der Waals surface area contributed by atoms with E-state index in [1.807, 2.05) is 0 Å². The Bertz CT molecular complexity index is 1120. The van der Waals surface area contributed by atoms with Crippen LogP contribution in [-0.2, 0) is 19.1 Å². The molecular formula is C37H60O6. The van der Waals surface area contributed by atoms with E-state index in [2.05, 4.69) is 48.1 Å². The number of allylic oxidation sites excluding steroid dienone is 1. The zero-order valence-corrected chi connectivity index (χ0v) is 28.4. The summed E-state index contributed by atoms with van der Waals surface area (Å²) in [6.45, 7) is 21.9. The molecule has 0 spiro atoms. The zero-order valence-electron chi connectivity index (χ0n) is 28.4. The largest absolute Gasteiger partial charge is 0.464 e. The van der Waals surface area contributed by atoms with Crippen LogP contribution < -0.4 is 0 Å². The van der Waals surface area contributed by atoms with Gasteiger partial charge in [-0.05, 0) is 117 Å². The lowest BCUT2D eigenvalue weighted by molar-refractivity contribution is -0.251. The van der Waals surface area contributed by atoms with Crippen LogP contribution in [0.25, 0.3) is 0 Å². The summed E-state index contributed by atoms with van der Waals surface area (Å²) in [7, 11) is 0. The Morgan fingerprint density at radius 3 is 2.12 bits per heavy atom. The van der Waals surface area contributed by atoms with Gasteiger partial charge in [-0.15, -0.1) is 0 Å². The molecule has 0 aliphatic heterocycles. The lowest BCUT2D eigenvalue weighted by Crippen LogP contribution is -2.67. The van der Waals surface area contributed by atoms with Gasteiger partial charge in [0.2, 0.25) is 0 Å². The van der Waals surface area contributed by atoms with E-state index in [1.54, 1.807) is 13.8 Å². The quantitative estimate of drug-likeness (QED) is 0.239. The normalized spacial score (nSPS) is 45.2. The first-order valence-electron chi connectivity index (χ1n) is 17.2. The molecule has 6 heteroatoms. The molecule has 5 fully saturated rings. The Morgan fingerprint density at radius 1 is 0.837 bits per heavy atom. The van der Waals surface area contributed by atoms with Gasteiger partial charge in [0, 0.05) is 17.8 Å². The predicted molar refractivity (Wildman–Crippen MR) is 168 cm³/mol. The average Bonchev–Trinajstić information content (AvgIpc) is 3.35. The number of aliphatic hydroxyl groups is 2. The highest BCUT2D eigenvalue weighted by atomic mass is 16.5. The van der Waals surface area contributed by atoms with Crippen molar-refractivity contribution in [1.29, 1.82) is 0 Å². The van der Waals surface area contributed by atoms with Crippen LogP contribution in [0.3, 0.4) is 0 Å². The summed E-state index contributed by atoms with van der Waals surface area (Å²) < 4.78 is 11.9. The molecule has 0 unspecified atom stereocenters. The summed E-state index contributed by atoms with van der Waals surface area (Å²) in [6.07, 6.45) is 10.3. The van der Waals surface area contributed by atoms with E-state index in [4.69, 9.17) is 9.47 Å². The molecule has 0 aromatic carbocycles. The van der Waals surface area contributed by atoms with Gasteiger partial charge in [0.15, 0.2) is 0 Å². The van der Waals surface area contributed by atoms with Crippen molar-refractivity contribution >= 4 is 11.9 Å². The van der Waals surface area contributed by atoms with Crippen molar-refractivity contribution in [2.75, 3.05) is 19.8 Å². The minimum Gasteiger partial charge on any atom is -0.464 e. The smallest absolute Gasteiger partial charge is 0.312 e. The molecule has 0 radical (unpaired) electrons. The number of aliphatic hydroxyl groups excluding tert-OH is 2. The topological polar surface area (TPSA) is 93.1 Å². The second kappa shape index (κ2) is 10.9. The fourth-order valence-electron chi connectivity index (χ4n) is 12.4. The van der Waals surface area contributed by atoms with E-state index < -0.39 is 10.8 Å². The van der Waals surface area contributed by atoms with Crippen molar-refractivity contribution in [3.63, 3.8) is 0 Å². The third-order valence-corrected chi connectivity index (χ3v) is 15.0. The second-order valence-corrected chi connectivity index (χ2v) is 17.5. The number of hydrogen-bond donors (Lipinski definition) is 2. The predicted octanol–water partition coefficient (Wildman–Crippen LogP) is 7.11. The highest BCUT2D eigenvalue weighted by molar-refractivity contribution is 5.78. The molecule has 5 saturated carbocycles. The first-order chi connectivity index (χ1) is 20.0. The van der Waals surface area contributed by atoms with Crippen molar-refractivity contribution in [2.45, 2.75) is 126 Å². The van der Waals surface area contributed by atoms with Gasteiger partial charge >= 0.3 is 11.9 Å². The second-order valence-electron chi connectivity index (χ2n) is 17.5. The summed E-state index contributed by atoms with van der Waals surface area (Å²) in [4.78, 5) is 26.2. The molecule has 0 saturated heterocycles. The summed E-state index contributed by atoms with van der Waals surface area (Å²) in [6, 6.07) is 0. The summed E-state index contributed by atoms with van der Waals surface area (Å²) in [5.41, 5.74) is 0.239. The molecule has 244 valence electrons. The van der Waals surface area contributed by atoms with Crippen LogP contribution in [0.2, 0.25) is 0 Å². The van der Waals surface area contributed by atoms with Crippen molar-refractivity contribution in [3.05, 3.63) is 12.2 Å². The Balaban J connectivity index is 1.47. The summed E-state index contributed by atoms with van der Waals surface area (Å²) >= 11 is 0. The first kappa shape index (κ1) is 33.0. The molecule has 0 amide bonds. The van der Waals surface area contributed by atoms with Gasteiger partial charge in [-0.2, -0.15) is 0 Å². The number of esters is 2. The van der Waals surface area contributed by atoms with Crippen LogP contribution in [0.4, 0.5) is 0 Å². The van der Waals surface area contributed by atoms with Gasteiger partial charge in [-0.1, -0.05) is 53.7 Å². The number of hydrogen-bond acceptors (Lipinski definition) is 6.